The van der Waals surface area contributed by atoms with Crippen LogP contribution in [0, 0.1) is 12.7 Å². The van der Waals surface area contributed by atoms with E-state index in [2.05, 4.69) is 29.8 Å². The van der Waals surface area contributed by atoms with E-state index in [9.17, 15) is 14.0 Å². The van der Waals surface area contributed by atoms with Crippen LogP contribution in [0.15, 0.2) is 78.9 Å². The minimum absolute atomic E-state index is 0.161. The number of fused-ring (bicyclic) bond motifs is 1. The van der Waals surface area contributed by atoms with Gasteiger partial charge in [0.1, 0.15) is 11.9 Å². The van der Waals surface area contributed by atoms with Gasteiger partial charge in [-0.3, -0.25) is 9.59 Å². The lowest BCUT2D eigenvalue weighted by Gasteiger charge is -2.25. The second-order valence-electron chi connectivity index (χ2n) is 9.41. The number of rotatable bonds is 8. The van der Waals surface area contributed by atoms with Crippen molar-refractivity contribution in [3.63, 3.8) is 0 Å². The van der Waals surface area contributed by atoms with Crippen LogP contribution in [0.2, 0.25) is 0 Å². The Morgan fingerprint density at radius 3 is 2.36 bits per heavy atom. The van der Waals surface area contributed by atoms with Crippen molar-refractivity contribution in [2.24, 2.45) is 0 Å². The van der Waals surface area contributed by atoms with Crippen LogP contribution >= 0.6 is 0 Å². The lowest BCUT2D eigenvalue weighted by atomic mass is 10.0. The fourth-order valence-corrected chi connectivity index (χ4v) is 4.85. The third-order valence-electron chi connectivity index (χ3n) is 6.58. The number of halogens is 1. The van der Waals surface area contributed by atoms with E-state index in [1.54, 1.807) is 19.2 Å². The van der Waals surface area contributed by atoms with Crippen LogP contribution in [0.1, 0.15) is 36.7 Å². The van der Waals surface area contributed by atoms with Crippen molar-refractivity contribution in [2.75, 3.05) is 11.9 Å². The smallest absolute Gasteiger partial charge is 0.249 e. The van der Waals surface area contributed by atoms with E-state index >= 15 is 0 Å². The standard InChI is InChI=1S/C30H32FN3O2/c1-20(2)34-21(3)26(25-15-8-9-16-28(25)34)19-29(35)32-27(17-22-11-6-5-7-12-22)30(36)33(4)24-14-10-13-23(31)18-24/h5-16,18,20,27H,17,19H2,1-4H3,(H,32,35)/t27-/m0/s1. The molecule has 1 aromatic heterocycles. The molecule has 0 saturated heterocycles. The van der Waals surface area contributed by atoms with Gasteiger partial charge < -0.3 is 14.8 Å². The highest BCUT2D eigenvalue weighted by molar-refractivity contribution is 5.99. The highest BCUT2D eigenvalue weighted by Crippen LogP contribution is 2.29. The number of carbonyl (C=O) groups excluding carboxylic acids is 2. The Bertz CT molecular complexity index is 1380. The second kappa shape index (κ2) is 10.8. The van der Waals surface area contributed by atoms with E-state index in [0.29, 0.717) is 12.1 Å². The molecule has 0 aliphatic carbocycles. The number of hydrogen-bond acceptors (Lipinski definition) is 2. The van der Waals surface area contributed by atoms with Crippen molar-refractivity contribution >= 4 is 28.4 Å². The molecule has 0 aliphatic heterocycles. The van der Waals surface area contributed by atoms with E-state index < -0.39 is 11.9 Å². The molecule has 5 nitrogen and oxygen atoms in total. The van der Waals surface area contributed by atoms with Gasteiger partial charge in [-0.25, -0.2) is 4.39 Å². The van der Waals surface area contributed by atoms with Crippen LogP contribution in [0.4, 0.5) is 10.1 Å². The minimum atomic E-state index is -0.799. The Morgan fingerprint density at radius 1 is 0.972 bits per heavy atom. The van der Waals surface area contributed by atoms with Gasteiger partial charge in [0.05, 0.1) is 6.42 Å². The summed E-state index contributed by atoms with van der Waals surface area (Å²) in [7, 11) is 1.60. The number of hydrogen-bond donors (Lipinski definition) is 1. The van der Waals surface area contributed by atoms with Gasteiger partial charge in [-0.15, -0.1) is 0 Å². The molecule has 0 bridgehead atoms. The van der Waals surface area contributed by atoms with E-state index in [4.69, 9.17) is 0 Å². The van der Waals surface area contributed by atoms with Crippen molar-refractivity contribution in [2.45, 2.75) is 45.7 Å². The first-order valence-corrected chi connectivity index (χ1v) is 12.2. The Morgan fingerprint density at radius 2 is 1.67 bits per heavy atom. The summed E-state index contributed by atoms with van der Waals surface area (Å²) in [6, 6.07) is 23.0. The minimum Gasteiger partial charge on any atom is -0.344 e. The number of nitrogens with zero attached hydrogens (tertiary/aromatic N) is 2. The fraction of sp³-hybridized carbons (Fsp3) is 0.267. The van der Waals surface area contributed by atoms with Gasteiger partial charge >= 0.3 is 0 Å². The number of carbonyl (C=O) groups is 2. The van der Waals surface area contributed by atoms with Gasteiger partial charge in [-0.2, -0.15) is 0 Å². The Hall–Kier alpha value is -3.93. The van der Waals surface area contributed by atoms with Crippen LogP contribution in [0.3, 0.4) is 0 Å². The topological polar surface area (TPSA) is 54.3 Å². The average molecular weight is 486 g/mol. The summed E-state index contributed by atoms with van der Waals surface area (Å²) in [4.78, 5) is 28.3. The molecule has 2 amide bonds. The van der Waals surface area contributed by atoms with Crippen LogP contribution in [-0.4, -0.2) is 29.5 Å². The quantitative estimate of drug-likeness (QED) is 0.353. The number of para-hydroxylation sites is 1. The summed E-state index contributed by atoms with van der Waals surface area (Å²) < 4.78 is 16.0. The lowest BCUT2D eigenvalue weighted by molar-refractivity contribution is -0.127. The van der Waals surface area contributed by atoms with Crippen molar-refractivity contribution in [1.82, 2.24) is 9.88 Å². The summed E-state index contributed by atoms with van der Waals surface area (Å²) in [5.41, 5.74) is 4.46. The Labute approximate surface area is 211 Å². The van der Waals surface area contributed by atoms with Gasteiger partial charge in [0, 0.05) is 41.8 Å². The molecule has 186 valence electrons. The number of anilines is 1. The normalized spacial score (nSPS) is 12.1. The predicted octanol–water partition coefficient (Wildman–Crippen LogP) is 5.60. The average Bonchev–Trinajstić information content (AvgIpc) is 3.14. The molecule has 4 rings (SSSR count). The predicted molar refractivity (Wildman–Crippen MR) is 143 cm³/mol. The highest BCUT2D eigenvalue weighted by atomic mass is 19.1. The van der Waals surface area contributed by atoms with Crippen LogP contribution < -0.4 is 10.2 Å². The molecule has 3 aromatic carbocycles. The van der Waals surface area contributed by atoms with E-state index in [0.717, 1.165) is 27.7 Å². The van der Waals surface area contributed by atoms with Gasteiger partial charge in [-0.1, -0.05) is 54.6 Å². The number of likely N-dealkylation sites (N-methyl/N-ethyl adjacent to an activating group) is 1. The fourth-order valence-electron chi connectivity index (χ4n) is 4.85. The molecule has 6 heteroatoms. The van der Waals surface area contributed by atoms with Gasteiger partial charge in [0.25, 0.3) is 0 Å². The molecule has 36 heavy (non-hydrogen) atoms. The maximum Gasteiger partial charge on any atom is 0.249 e. The first kappa shape index (κ1) is 25.2. The number of benzene rings is 3. The van der Waals surface area contributed by atoms with Crippen LogP contribution in [-0.2, 0) is 22.4 Å². The molecule has 0 fully saturated rings. The molecule has 1 heterocycles. The van der Waals surface area contributed by atoms with Crippen molar-refractivity contribution < 1.29 is 14.0 Å². The van der Waals surface area contributed by atoms with Crippen molar-refractivity contribution in [3.05, 3.63) is 102 Å². The van der Waals surface area contributed by atoms with Gasteiger partial charge in [-0.05, 0) is 56.2 Å². The zero-order chi connectivity index (χ0) is 25.8. The van der Waals surface area contributed by atoms with Crippen LogP contribution in [0.5, 0.6) is 0 Å². The zero-order valence-electron chi connectivity index (χ0n) is 21.2. The number of amides is 2. The summed E-state index contributed by atoms with van der Waals surface area (Å²) in [5.74, 6) is -0.960. The molecule has 1 atom stereocenters. The highest BCUT2D eigenvalue weighted by Gasteiger charge is 2.27. The maximum absolute atomic E-state index is 13.8. The summed E-state index contributed by atoms with van der Waals surface area (Å²) in [6.07, 6.45) is 0.492. The largest absolute Gasteiger partial charge is 0.344 e. The third-order valence-corrected chi connectivity index (χ3v) is 6.58. The Balaban J connectivity index is 1.61. The van der Waals surface area contributed by atoms with Gasteiger partial charge in [0.2, 0.25) is 11.8 Å². The molecule has 0 unspecified atom stereocenters. The zero-order valence-corrected chi connectivity index (χ0v) is 21.2. The molecule has 0 aliphatic rings. The van der Waals surface area contributed by atoms with Crippen molar-refractivity contribution in [3.8, 4) is 0 Å². The first-order valence-electron chi connectivity index (χ1n) is 12.2. The van der Waals surface area contributed by atoms with E-state index in [-0.39, 0.29) is 24.3 Å². The lowest BCUT2D eigenvalue weighted by Crippen LogP contribution is -2.49. The van der Waals surface area contributed by atoms with Crippen LogP contribution in [0.25, 0.3) is 10.9 Å². The van der Waals surface area contributed by atoms with Crippen molar-refractivity contribution in [1.29, 1.82) is 0 Å². The summed E-state index contributed by atoms with van der Waals surface area (Å²) in [5, 5.41) is 4.02. The summed E-state index contributed by atoms with van der Waals surface area (Å²) in [6.45, 7) is 6.28. The molecule has 0 spiro atoms. The van der Waals surface area contributed by atoms with E-state index in [1.165, 1.54) is 17.0 Å². The maximum atomic E-state index is 13.8. The molecule has 0 radical (unpaired) electrons. The Kier molecular flexibility index (Phi) is 7.53. The van der Waals surface area contributed by atoms with E-state index in [1.807, 2.05) is 55.5 Å². The second-order valence-corrected chi connectivity index (χ2v) is 9.41. The molecule has 4 aromatic rings. The molecular weight excluding hydrogens is 453 g/mol. The molecule has 1 N–H and O–H groups in total. The SMILES string of the molecule is Cc1c(CC(=O)N[C@@H](Cc2ccccc2)C(=O)N(C)c2cccc(F)c2)c2ccccc2n1C(C)C. The van der Waals surface area contributed by atoms with Gasteiger partial charge in [0.15, 0.2) is 0 Å². The summed E-state index contributed by atoms with van der Waals surface area (Å²) >= 11 is 0. The number of nitrogens with one attached hydrogen (secondary N) is 1. The first-order chi connectivity index (χ1) is 17.3. The third kappa shape index (κ3) is 5.33. The monoisotopic (exact) mass is 485 g/mol. The molecule has 0 saturated carbocycles. The number of aromatic nitrogens is 1. The molecular formula is C30H32FN3O2.